The van der Waals surface area contributed by atoms with Crippen LogP contribution in [0.5, 0.6) is 0 Å². The Balaban J connectivity index is 1.32. The number of fused-ring (bicyclic) bond motifs is 3. The summed E-state index contributed by atoms with van der Waals surface area (Å²) in [5, 5.41) is 0. The van der Waals surface area contributed by atoms with Gasteiger partial charge in [0.1, 0.15) is 5.82 Å². The van der Waals surface area contributed by atoms with Gasteiger partial charge >= 0.3 is 0 Å². The zero-order chi connectivity index (χ0) is 30.6. The van der Waals surface area contributed by atoms with Crippen molar-refractivity contribution in [1.82, 2.24) is 9.21 Å². The zero-order valence-corrected chi connectivity index (χ0v) is 25.4. The molecule has 5 rings (SSSR count). The second kappa shape index (κ2) is 11.5. The fraction of sp³-hybridized carbons (Fsp3) is 0.533. The number of carbonyl (C=O) groups excluding carboxylic acids is 2. The molecule has 2 amide bonds. The van der Waals surface area contributed by atoms with Gasteiger partial charge in [-0.15, -0.1) is 0 Å². The summed E-state index contributed by atoms with van der Waals surface area (Å²) in [6, 6.07) is 7.10. The molecule has 12 heteroatoms. The Bertz CT molecular complexity index is 1490. The smallest absolute Gasteiger partial charge is 0.261 e. The van der Waals surface area contributed by atoms with Gasteiger partial charge in [-0.2, -0.15) is 4.31 Å². The molecular formula is C30H35F3N2O5S2. The molecule has 228 valence electrons. The number of nitrogens with zero attached hydrogens (tertiary/aromatic N) is 2. The van der Waals surface area contributed by atoms with Gasteiger partial charge in [0.2, 0.25) is 10.0 Å². The number of halogens is 3. The third-order valence-corrected chi connectivity index (χ3v) is 12.8. The van der Waals surface area contributed by atoms with Gasteiger partial charge < -0.3 is 0 Å². The average Bonchev–Trinajstić information content (AvgIpc) is 3.34. The number of rotatable bonds is 9. The van der Waals surface area contributed by atoms with Crippen LogP contribution in [0.15, 0.2) is 36.4 Å². The van der Waals surface area contributed by atoms with E-state index in [0.29, 0.717) is 31.7 Å². The predicted octanol–water partition coefficient (Wildman–Crippen LogP) is 4.68. The highest BCUT2D eigenvalue weighted by atomic mass is 32.2. The lowest BCUT2D eigenvalue weighted by Gasteiger charge is -2.41. The Labute approximate surface area is 247 Å². The van der Waals surface area contributed by atoms with E-state index >= 15 is 0 Å². The van der Waals surface area contributed by atoms with Crippen molar-refractivity contribution in [3.05, 3.63) is 70.5 Å². The molecule has 0 spiro atoms. The highest BCUT2D eigenvalue weighted by Gasteiger charge is 2.49. The van der Waals surface area contributed by atoms with Crippen LogP contribution in [0.25, 0.3) is 0 Å². The van der Waals surface area contributed by atoms with Crippen LogP contribution in [0.1, 0.15) is 72.7 Å². The lowest BCUT2D eigenvalue weighted by atomic mass is 9.79. The van der Waals surface area contributed by atoms with Crippen molar-refractivity contribution >= 4 is 32.6 Å². The lowest BCUT2D eigenvalue weighted by Crippen LogP contribution is -2.50. The molecule has 2 aromatic carbocycles. The molecule has 42 heavy (non-hydrogen) atoms. The van der Waals surface area contributed by atoms with E-state index in [-0.39, 0.29) is 59.3 Å². The van der Waals surface area contributed by atoms with E-state index in [0.717, 1.165) is 11.0 Å². The minimum atomic E-state index is -3.84. The normalized spacial score (nSPS) is 24.2. The Hall–Kier alpha value is -2.57. The molecule has 2 fully saturated rings. The minimum Gasteiger partial charge on any atom is -0.273 e. The van der Waals surface area contributed by atoms with Gasteiger partial charge in [-0.25, -0.2) is 21.6 Å². The lowest BCUT2D eigenvalue weighted by molar-refractivity contribution is 0.0663. The van der Waals surface area contributed by atoms with E-state index in [1.807, 2.05) is 20.8 Å². The molecule has 2 aromatic rings. The maximum absolute atomic E-state index is 14.6. The van der Waals surface area contributed by atoms with Crippen LogP contribution in [0, 0.1) is 29.3 Å². The second-order valence-electron chi connectivity index (χ2n) is 12.5. The van der Waals surface area contributed by atoms with E-state index in [9.17, 15) is 35.4 Å². The largest absolute Gasteiger partial charge is 0.273 e. The molecule has 0 N–H and O–H groups in total. The molecule has 2 saturated heterocycles. The standard InChI is InChI=1S/C30H35F3N2O5S2/c1-30(2,3)41(38)17-20(12-19-15-26(32)27(33)16-25(19)31)18-13-21-8-9-22(14-18)35(21)42(39,40)11-10-34-28(36)23-6-4-5-7-24(23)29(34)37/h4-7,15-16,18,20-22H,8-14,17H2,1-3H3/t18?,20-,21-,22+,41-/m1/s1. The molecule has 0 aliphatic carbocycles. The number of piperidine rings is 1. The van der Waals surface area contributed by atoms with E-state index in [1.165, 1.54) is 4.31 Å². The average molecular weight is 625 g/mol. The summed E-state index contributed by atoms with van der Waals surface area (Å²) in [7, 11) is -5.14. The summed E-state index contributed by atoms with van der Waals surface area (Å²) in [4.78, 5) is 26.4. The van der Waals surface area contributed by atoms with Gasteiger partial charge in [0.25, 0.3) is 11.8 Å². The summed E-state index contributed by atoms with van der Waals surface area (Å²) in [6.07, 6.45) is 2.23. The van der Waals surface area contributed by atoms with Crippen molar-refractivity contribution in [3.8, 4) is 0 Å². The minimum absolute atomic E-state index is 0.00755. The van der Waals surface area contributed by atoms with Crippen molar-refractivity contribution in [2.75, 3.05) is 18.1 Å². The fourth-order valence-corrected chi connectivity index (χ4v) is 9.77. The molecule has 0 radical (unpaired) electrons. The summed E-state index contributed by atoms with van der Waals surface area (Å²) >= 11 is 0. The summed E-state index contributed by atoms with van der Waals surface area (Å²) in [5.41, 5.74) is 0.530. The molecule has 3 aliphatic heterocycles. The molecule has 5 atom stereocenters. The van der Waals surface area contributed by atoms with Crippen LogP contribution in [0.4, 0.5) is 13.2 Å². The van der Waals surface area contributed by atoms with Crippen LogP contribution < -0.4 is 0 Å². The van der Waals surface area contributed by atoms with Gasteiger partial charge in [-0.3, -0.25) is 18.7 Å². The van der Waals surface area contributed by atoms with Crippen LogP contribution in [-0.4, -0.2) is 68.5 Å². The Morgan fingerprint density at radius 2 is 1.48 bits per heavy atom. The van der Waals surface area contributed by atoms with Crippen molar-refractivity contribution < 1.29 is 35.4 Å². The van der Waals surface area contributed by atoms with Gasteiger partial charge in [0.05, 0.1) is 16.9 Å². The number of hydrogen-bond donors (Lipinski definition) is 0. The van der Waals surface area contributed by atoms with E-state index in [1.54, 1.807) is 24.3 Å². The number of sulfonamides is 1. The molecule has 7 nitrogen and oxygen atoms in total. The molecular weight excluding hydrogens is 589 g/mol. The molecule has 3 aliphatic rings. The maximum atomic E-state index is 14.6. The van der Waals surface area contributed by atoms with Gasteiger partial charge in [0.15, 0.2) is 11.6 Å². The molecule has 1 unspecified atom stereocenters. The first-order valence-electron chi connectivity index (χ1n) is 14.2. The van der Waals surface area contributed by atoms with Crippen molar-refractivity contribution in [2.45, 2.75) is 69.7 Å². The number of amides is 2. The van der Waals surface area contributed by atoms with E-state index < -0.39 is 60.6 Å². The number of imide groups is 1. The SMILES string of the molecule is CC(C)(C)[S@](=O)C[C@@H](Cc1cc(F)c(F)cc1F)C1C[C@H]2CC[C@@H](C1)N2S(=O)(=O)CCN1C(=O)c2ccccc2C1=O. The topological polar surface area (TPSA) is 91.8 Å². The van der Waals surface area contributed by atoms with Crippen molar-refractivity contribution in [3.63, 3.8) is 0 Å². The van der Waals surface area contributed by atoms with Crippen molar-refractivity contribution in [1.29, 1.82) is 0 Å². The summed E-state index contributed by atoms with van der Waals surface area (Å²) in [6.45, 7) is 5.26. The molecule has 0 saturated carbocycles. The van der Waals surface area contributed by atoms with Gasteiger partial charge in [-0.05, 0) is 88.5 Å². The molecule has 0 aromatic heterocycles. The highest BCUT2D eigenvalue weighted by molar-refractivity contribution is 7.89. The van der Waals surface area contributed by atoms with Crippen LogP contribution >= 0.6 is 0 Å². The van der Waals surface area contributed by atoms with Gasteiger partial charge in [-0.1, -0.05) is 12.1 Å². The third-order valence-electron chi connectivity index (χ3n) is 8.76. The first kappa shape index (κ1) is 30.9. The number of hydrogen-bond acceptors (Lipinski definition) is 5. The zero-order valence-electron chi connectivity index (χ0n) is 23.8. The van der Waals surface area contributed by atoms with Crippen LogP contribution in [-0.2, 0) is 27.2 Å². The van der Waals surface area contributed by atoms with Crippen LogP contribution in [0.3, 0.4) is 0 Å². The molecule has 2 bridgehead atoms. The van der Waals surface area contributed by atoms with Gasteiger partial charge in [0, 0.05) is 46.0 Å². The highest BCUT2D eigenvalue weighted by Crippen LogP contribution is 2.44. The number of benzene rings is 2. The predicted molar refractivity (Wildman–Crippen MR) is 153 cm³/mol. The van der Waals surface area contributed by atoms with Crippen molar-refractivity contribution in [2.24, 2.45) is 11.8 Å². The Kier molecular flexibility index (Phi) is 8.45. The van der Waals surface area contributed by atoms with Crippen LogP contribution in [0.2, 0.25) is 0 Å². The van der Waals surface area contributed by atoms with E-state index in [4.69, 9.17) is 0 Å². The summed E-state index contributed by atoms with van der Waals surface area (Å²) in [5.74, 6) is -4.92. The van der Waals surface area contributed by atoms with E-state index in [2.05, 4.69) is 0 Å². The monoisotopic (exact) mass is 624 g/mol. The summed E-state index contributed by atoms with van der Waals surface area (Å²) < 4.78 is 83.6. The quantitative estimate of drug-likeness (QED) is 0.299. The first-order chi connectivity index (χ1) is 19.7. The Morgan fingerprint density at radius 3 is 2.02 bits per heavy atom. The maximum Gasteiger partial charge on any atom is 0.261 e. The third kappa shape index (κ3) is 5.94. The first-order valence-corrected chi connectivity index (χ1v) is 17.1. The number of carbonyl (C=O) groups is 2. The Morgan fingerprint density at radius 1 is 0.929 bits per heavy atom. The second-order valence-corrected chi connectivity index (χ2v) is 16.8. The fourth-order valence-electron chi connectivity index (χ4n) is 6.58. The molecule has 3 heterocycles.